The lowest BCUT2D eigenvalue weighted by Gasteiger charge is -1.98. The van der Waals surface area contributed by atoms with Crippen molar-refractivity contribution in [1.82, 2.24) is 24.9 Å². The minimum atomic E-state index is -0.189. The van der Waals surface area contributed by atoms with Crippen molar-refractivity contribution in [3.05, 3.63) is 51.8 Å². The lowest BCUT2D eigenvalue weighted by molar-refractivity contribution is 0.604. The Balaban J connectivity index is 1.64. The van der Waals surface area contributed by atoms with Gasteiger partial charge in [-0.1, -0.05) is 0 Å². The molecule has 5 aromatic rings. The third kappa shape index (κ3) is 3.24. The van der Waals surface area contributed by atoms with Gasteiger partial charge in [-0.15, -0.1) is 0 Å². The summed E-state index contributed by atoms with van der Waals surface area (Å²) in [5, 5.41) is 36.6. The van der Waals surface area contributed by atoms with Gasteiger partial charge in [-0.2, -0.15) is 36.0 Å². The van der Waals surface area contributed by atoms with Gasteiger partial charge in [0.2, 0.25) is 16.9 Å². The van der Waals surface area contributed by atoms with E-state index < -0.39 is 0 Å². The first-order chi connectivity index (χ1) is 16.0. The first-order valence-corrected chi connectivity index (χ1v) is 9.32. The van der Waals surface area contributed by atoms with Crippen LogP contribution in [0.15, 0.2) is 33.1 Å². The molecule has 12 heteroatoms. The maximum atomic E-state index is 9.19. The molecule has 3 aromatic heterocycles. The van der Waals surface area contributed by atoms with Gasteiger partial charge in [0, 0.05) is 12.1 Å². The average molecular weight is 450 g/mol. The summed E-state index contributed by atoms with van der Waals surface area (Å²) in [6.07, 6.45) is 0. The van der Waals surface area contributed by atoms with Crippen LogP contribution in [0.5, 0.6) is 0 Å². The molecule has 0 saturated carbocycles. The van der Waals surface area contributed by atoms with Gasteiger partial charge in [-0.25, -0.2) is 9.97 Å². The van der Waals surface area contributed by atoms with E-state index in [0.717, 1.165) is 0 Å². The molecule has 11 nitrogen and oxygen atoms in total. The molecule has 3 heterocycles. The number of benzene rings is 2. The van der Waals surface area contributed by atoms with E-state index in [-0.39, 0.29) is 62.1 Å². The smallest absolute Gasteiger partial charge is 0.266 e. The topological polar surface area (TPSA) is 186 Å². The summed E-state index contributed by atoms with van der Waals surface area (Å²) >= 11 is 6.06. The fourth-order valence-electron chi connectivity index (χ4n) is 3.05. The summed E-state index contributed by atoms with van der Waals surface area (Å²) in [5.74, 6) is -0.111. The van der Waals surface area contributed by atoms with E-state index in [1.807, 2.05) is 24.3 Å². The first-order valence-electron chi connectivity index (χ1n) is 8.95. The second-order valence-corrected chi connectivity index (χ2v) is 6.81. The van der Waals surface area contributed by atoms with E-state index in [1.54, 1.807) is 0 Å². The van der Waals surface area contributed by atoms with Crippen molar-refractivity contribution in [2.75, 3.05) is 0 Å². The van der Waals surface area contributed by atoms with E-state index in [9.17, 15) is 21.0 Å². The van der Waals surface area contributed by atoms with E-state index in [1.165, 1.54) is 24.3 Å². The Kier molecular flexibility index (Phi) is 4.40. The molecule has 0 bridgehead atoms. The monoisotopic (exact) mass is 449 g/mol. The molecule has 0 saturated heterocycles. The van der Waals surface area contributed by atoms with Crippen LogP contribution in [0.2, 0.25) is 5.28 Å². The SMILES string of the molecule is N#Cc1cc2nc(-c3nc(Cl)nc(-c4nc5cc(C#N)c(C#N)cc5o4)n3)oc2cc1C#N. The largest absolute Gasteiger partial charge is 0.433 e. The Morgan fingerprint density at radius 3 is 1.36 bits per heavy atom. The number of hydrogen-bond acceptors (Lipinski definition) is 11. The molecule has 0 fully saturated rings. The number of hydrogen-bond donors (Lipinski definition) is 0. The summed E-state index contributed by atoms with van der Waals surface area (Å²) in [4.78, 5) is 20.8. The third-order valence-electron chi connectivity index (χ3n) is 4.53. The summed E-state index contributed by atoms with van der Waals surface area (Å²) in [7, 11) is 0. The number of aromatic nitrogens is 5. The van der Waals surface area contributed by atoms with Gasteiger partial charge in [0.05, 0.1) is 22.3 Å². The Morgan fingerprint density at radius 2 is 0.970 bits per heavy atom. The predicted molar refractivity (Wildman–Crippen MR) is 110 cm³/mol. The molecule has 5 rings (SSSR count). The molecular weight excluding hydrogens is 446 g/mol. The summed E-state index contributed by atoms with van der Waals surface area (Å²) in [6, 6.07) is 13.3. The van der Waals surface area contributed by atoms with Gasteiger partial charge in [0.1, 0.15) is 35.3 Å². The van der Waals surface area contributed by atoms with Crippen molar-refractivity contribution < 1.29 is 8.83 Å². The highest BCUT2D eigenvalue weighted by Crippen LogP contribution is 2.28. The van der Waals surface area contributed by atoms with E-state index in [0.29, 0.717) is 11.0 Å². The summed E-state index contributed by atoms with van der Waals surface area (Å²) in [6.45, 7) is 0. The van der Waals surface area contributed by atoms with Gasteiger partial charge >= 0.3 is 0 Å². The molecule has 2 aromatic carbocycles. The zero-order valence-electron chi connectivity index (χ0n) is 16.0. The molecule has 0 aliphatic rings. The number of fused-ring (bicyclic) bond motifs is 2. The van der Waals surface area contributed by atoms with Gasteiger partial charge in [-0.3, -0.25) is 0 Å². The molecule has 152 valence electrons. The Labute approximate surface area is 188 Å². The highest BCUT2D eigenvalue weighted by Gasteiger charge is 2.20. The highest BCUT2D eigenvalue weighted by molar-refractivity contribution is 6.28. The number of nitrogens with zero attached hydrogens (tertiary/aromatic N) is 9. The summed E-state index contributed by atoms with van der Waals surface area (Å²) < 4.78 is 11.3. The van der Waals surface area contributed by atoms with Crippen molar-refractivity contribution in [3.8, 4) is 47.7 Å². The second-order valence-electron chi connectivity index (χ2n) is 6.47. The van der Waals surface area contributed by atoms with Crippen LogP contribution in [0.3, 0.4) is 0 Å². The zero-order valence-corrected chi connectivity index (χ0v) is 16.8. The van der Waals surface area contributed by atoms with Crippen molar-refractivity contribution in [1.29, 1.82) is 21.0 Å². The Hall–Kier alpha value is -5.36. The van der Waals surface area contributed by atoms with Gasteiger partial charge in [0.15, 0.2) is 11.2 Å². The van der Waals surface area contributed by atoms with Gasteiger partial charge < -0.3 is 8.83 Å². The first kappa shape index (κ1) is 19.6. The van der Waals surface area contributed by atoms with Crippen LogP contribution >= 0.6 is 11.6 Å². The fraction of sp³-hybridized carbons (Fsp3) is 0. The molecular formula is C21H4ClN9O2. The molecule has 0 aliphatic heterocycles. The van der Waals surface area contributed by atoms with Crippen LogP contribution in [-0.4, -0.2) is 24.9 Å². The maximum Gasteiger partial charge on any atom is 0.266 e. The van der Waals surface area contributed by atoms with Gasteiger partial charge in [0.25, 0.3) is 11.8 Å². The Bertz CT molecular complexity index is 1560. The van der Waals surface area contributed by atoms with Crippen LogP contribution in [-0.2, 0) is 0 Å². The van der Waals surface area contributed by atoms with Crippen LogP contribution in [0.25, 0.3) is 45.6 Å². The number of rotatable bonds is 2. The Morgan fingerprint density at radius 1 is 0.576 bits per heavy atom. The van der Waals surface area contributed by atoms with Crippen molar-refractivity contribution in [3.63, 3.8) is 0 Å². The molecule has 33 heavy (non-hydrogen) atoms. The van der Waals surface area contributed by atoms with E-state index in [4.69, 9.17) is 20.4 Å². The van der Waals surface area contributed by atoms with Crippen LogP contribution in [0, 0.1) is 45.3 Å². The van der Waals surface area contributed by atoms with Crippen LogP contribution < -0.4 is 0 Å². The van der Waals surface area contributed by atoms with Crippen molar-refractivity contribution >= 4 is 33.8 Å². The van der Waals surface area contributed by atoms with Crippen LogP contribution in [0.4, 0.5) is 0 Å². The van der Waals surface area contributed by atoms with E-state index in [2.05, 4.69) is 24.9 Å². The van der Waals surface area contributed by atoms with Gasteiger partial charge in [-0.05, 0) is 23.7 Å². The molecule has 0 spiro atoms. The highest BCUT2D eigenvalue weighted by atomic mass is 35.5. The lowest BCUT2D eigenvalue weighted by Crippen LogP contribution is -1.97. The van der Waals surface area contributed by atoms with E-state index >= 15 is 0 Å². The average Bonchev–Trinajstić information content (AvgIpc) is 3.44. The quantitative estimate of drug-likeness (QED) is 0.382. The zero-order chi connectivity index (χ0) is 23.1. The molecule has 0 amide bonds. The minimum Gasteiger partial charge on any atom is -0.433 e. The molecule has 0 N–H and O–H groups in total. The normalized spacial score (nSPS) is 10.5. The number of halogens is 1. The minimum absolute atomic E-state index is 0.0239. The molecule has 0 radical (unpaired) electrons. The van der Waals surface area contributed by atoms with Crippen molar-refractivity contribution in [2.24, 2.45) is 0 Å². The van der Waals surface area contributed by atoms with Crippen molar-refractivity contribution in [2.45, 2.75) is 0 Å². The predicted octanol–water partition coefficient (Wildman–Crippen LogP) is 3.63. The number of nitriles is 4. The lowest BCUT2D eigenvalue weighted by atomic mass is 10.1. The maximum absolute atomic E-state index is 9.19. The fourth-order valence-corrected chi connectivity index (χ4v) is 3.21. The van der Waals surface area contributed by atoms with Crippen LogP contribution in [0.1, 0.15) is 22.3 Å². The number of oxazole rings is 2. The molecule has 0 aliphatic carbocycles. The third-order valence-corrected chi connectivity index (χ3v) is 4.70. The molecule has 0 atom stereocenters. The second kappa shape index (κ2) is 7.40. The summed E-state index contributed by atoms with van der Waals surface area (Å²) in [5.41, 5.74) is 1.76. The standard InChI is InChI=1S/C21H4ClN9O2/c22-21-30-17(19-27-13-1-9(5-23)11(7-25)3-15(13)32-19)29-18(31-21)20-28-14-2-10(6-24)12(8-26)4-16(14)33-20/h1-4H. The molecule has 0 unspecified atom stereocenters.